The highest BCUT2D eigenvalue weighted by atomic mass is 19.4. The second-order valence-electron chi connectivity index (χ2n) is 3.75. The van der Waals surface area contributed by atoms with Crippen molar-refractivity contribution >= 4 is 11.8 Å². The van der Waals surface area contributed by atoms with Gasteiger partial charge in [0.1, 0.15) is 6.04 Å². The van der Waals surface area contributed by atoms with E-state index in [0.717, 1.165) is 19.2 Å². The molecule has 1 heterocycles. The molecule has 0 bridgehead atoms. The molecule has 0 aromatic carbocycles. The van der Waals surface area contributed by atoms with Crippen LogP contribution in [0.25, 0.3) is 0 Å². The number of nitrogens with one attached hydrogen (secondary N) is 1. The number of hydrogen-bond donors (Lipinski definition) is 1. The Labute approximate surface area is 104 Å². The number of likely N-dealkylation sites (tertiary alicyclic amines) is 1. The fourth-order valence-corrected chi connectivity index (χ4v) is 1.47. The molecule has 1 unspecified atom stereocenters. The molecule has 1 aliphatic heterocycles. The maximum Gasteiger partial charge on any atom is 0.412 e. The molecule has 7 heteroatoms. The molecule has 104 valence electrons. The first-order chi connectivity index (χ1) is 7.80. The van der Waals surface area contributed by atoms with Gasteiger partial charge in [-0.1, -0.05) is 7.43 Å². The molecular weight excluding hydrogens is 249 g/mol. The predicted molar refractivity (Wildman–Crippen MR) is 60.5 cm³/mol. The molecule has 1 saturated heterocycles. The van der Waals surface area contributed by atoms with E-state index in [1.165, 1.54) is 4.90 Å². The maximum atomic E-state index is 12.5. The normalized spacial score (nSPS) is 17.8. The molecule has 2 amide bonds. The van der Waals surface area contributed by atoms with Crippen LogP contribution in [0, 0.1) is 0 Å². The molecule has 1 fully saturated rings. The molecule has 1 aliphatic rings. The SMILES string of the molecule is C.CC(=O)NC(/C=C/N1CCCC1=O)C(F)(F)F. The van der Waals surface area contributed by atoms with Crippen molar-refractivity contribution in [2.45, 2.75) is 39.4 Å². The average Bonchev–Trinajstić information content (AvgIpc) is 2.56. The summed E-state index contributed by atoms with van der Waals surface area (Å²) in [4.78, 5) is 23.0. The molecule has 1 N–H and O–H groups in total. The van der Waals surface area contributed by atoms with E-state index < -0.39 is 18.1 Å². The number of nitrogens with zero attached hydrogens (tertiary/aromatic N) is 1. The summed E-state index contributed by atoms with van der Waals surface area (Å²) in [5.41, 5.74) is 0. The monoisotopic (exact) mass is 266 g/mol. The maximum absolute atomic E-state index is 12.5. The van der Waals surface area contributed by atoms with E-state index >= 15 is 0 Å². The van der Waals surface area contributed by atoms with Crippen LogP contribution in [0.3, 0.4) is 0 Å². The molecule has 0 aromatic rings. The van der Waals surface area contributed by atoms with Gasteiger partial charge in [0.15, 0.2) is 0 Å². The lowest BCUT2D eigenvalue weighted by molar-refractivity contribution is -0.151. The Kier molecular flexibility index (Phi) is 5.87. The summed E-state index contributed by atoms with van der Waals surface area (Å²) in [6, 6.07) is -2.06. The number of rotatable bonds is 3. The van der Waals surface area contributed by atoms with E-state index in [9.17, 15) is 22.8 Å². The lowest BCUT2D eigenvalue weighted by atomic mass is 10.2. The van der Waals surface area contributed by atoms with Crippen molar-refractivity contribution in [3.63, 3.8) is 0 Å². The molecule has 0 spiro atoms. The molecule has 18 heavy (non-hydrogen) atoms. The third-order valence-electron chi connectivity index (χ3n) is 2.28. The average molecular weight is 266 g/mol. The summed E-state index contributed by atoms with van der Waals surface area (Å²) in [6.45, 7) is 1.42. The lowest BCUT2D eigenvalue weighted by Crippen LogP contribution is -2.43. The van der Waals surface area contributed by atoms with Crippen LogP contribution in [0.2, 0.25) is 0 Å². The first kappa shape index (κ1) is 16.5. The summed E-state index contributed by atoms with van der Waals surface area (Å²) < 4.78 is 37.4. The highest BCUT2D eigenvalue weighted by molar-refractivity contribution is 5.79. The third kappa shape index (κ3) is 4.77. The second kappa shape index (κ2) is 6.42. The van der Waals surface area contributed by atoms with Crippen molar-refractivity contribution in [3.8, 4) is 0 Å². The Balaban J connectivity index is 0.00000289. The van der Waals surface area contributed by atoms with Gasteiger partial charge in [-0.3, -0.25) is 9.59 Å². The minimum atomic E-state index is -4.56. The van der Waals surface area contributed by atoms with Gasteiger partial charge < -0.3 is 10.2 Å². The van der Waals surface area contributed by atoms with E-state index in [2.05, 4.69) is 0 Å². The van der Waals surface area contributed by atoms with E-state index in [-0.39, 0.29) is 13.3 Å². The highest BCUT2D eigenvalue weighted by Gasteiger charge is 2.38. The first-order valence-corrected chi connectivity index (χ1v) is 5.12. The number of alkyl halides is 3. The zero-order valence-corrected chi connectivity index (χ0v) is 9.25. The van der Waals surface area contributed by atoms with E-state index in [1.54, 1.807) is 5.32 Å². The summed E-state index contributed by atoms with van der Waals surface area (Å²) >= 11 is 0. The van der Waals surface area contributed by atoms with Gasteiger partial charge in [0.2, 0.25) is 11.8 Å². The van der Waals surface area contributed by atoms with Crippen LogP contribution in [-0.4, -0.2) is 35.5 Å². The van der Waals surface area contributed by atoms with Gasteiger partial charge >= 0.3 is 6.18 Å². The van der Waals surface area contributed by atoms with Gasteiger partial charge in [-0.25, -0.2) is 0 Å². The van der Waals surface area contributed by atoms with Crippen molar-refractivity contribution in [1.29, 1.82) is 0 Å². The molecular formula is C11H17F3N2O2. The summed E-state index contributed by atoms with van der Waals surface area (Å²) in [6.07, 6.45) is -1.71. The van der Waals surface area contributed by atoms with E-state index in [4.69, 9.17) is 0 Å². The van der Waals surface area contributed by atoms with Crippen LogP contribution >= 0.6 is 0 Å². The number of halogens is 3. The Morgan fingerprint density at radius 3 is 2.50 bits per heavy atom. The fraction of sp³-hybridized carbons (Fsp3) is 0.636. The van der Waals surface area contributed by atoms with Crippen molar-refractivity contribution in [2.75, 3.05) is 6.54 Å². The van der Waals surface area contributed by atoms with Crippen molar-refractivity contribution < 1.29 is 22.8 Å². The van der Waals surface area contributed by atoms with Gasteiger partial charge in [0.05, 0.1) is 0 Å². The van der Waals surface area contributed by atoms with Gasteiger partial charge in [-0.15, -0.1) is 0 Å². The molecule has 1 rings (SSSR count). The standard InChI is InChI=1S/C10H13F3N2O2.CH4/c1-7(16)14-8(10(11,12)13)4-6-15-5-2-3-9(15)17;/h4,6,8H,2-3,5H2,1H3,(H,14,16);1H4/b6-4+;. The minimum absolute atomic E-state index is 0. The number of carbonyl (C=O) groups is 2. The fourth-order valence-electron chi connectivity index (χ4n) is 1.47. The number of amides is 2. The van der Waals surface area contributed by atoms with Crippen molar-refractivity contribution in [1.82, 2.24) is 10.2 Å². The van der Waals surface area contributed by atoms with Crippen LogP contribution in [-0.2, 0) is 9.59 Å². The predicted octanol–water partition coefficient (Wildman–Crippen LogP) is 1.83. The van der Waals surface area contributed by atoms with Crippen LogP contribution in [0.4, 0.5) is 13.2 Å². The van der Waals surface area contributed by atoms with Gasteiger partial charge in [-0.2, -0.15) is 13.2 Å². The first-order valence-electron chi connectivity index (χ1n) is 5.12. The quantitative estimate of drug-likeness (QED) is 0.847. The van der Waals surface area contributed by atoms with Crippen LogP contribution in [0.5, 0.6) is 0 Å². The smallest absolute Gasteiger partial charge is 0.342 e. The Morgan fingerprint density at radius 2 is 2.11 bits per heavy atom. The third-order valence-corrected chi connectivity index (χ3v) is 2.28. The summed E-state index contributed by atoms with van der Waals surface area (Å²) in [5, 5.41) is 1.77. The Bertz CT molecular complexity index is 340. The molecule has 4 nitrogen and oxygen atoms in total. The summed E-state index contributed by atoms with van der Waals surface area (Å²) in [5.74, 6) is -0.977. The Morgan fingerprint density at radius 1 is 1.50 bits per heavy atom. The van der Waals surface area contributed by atoms with Gasteiger partial charge in [-0.05, 0) is 12.5 Å². The molecule has 1 atom stereocenters. The van der Waals surface area contributed by atoms with Crippen LogP contribution in [0.1, 0.15) is 27.2 Å². The highest BCUT2D eigenvalue weighted by Crippen LogP contribution is 2.21. The van der Waals surface area contributed by atoms with Gasteiger partial charge in [0, 0.05) is 26.1 Å². The molecule has 0 radical (unpaired) electrons. The summed E-state index contributed by atoms with van der Waals surface area (Å²) in [7, 11) is 0. The largest absolute Gasteiger partial charge is 0.412 e. The zero-order valence-electron chi connectivity index (χ0n) is 9.25. The minimum Gasteiger partial charge on any atom is -0.342 e. The van der Waals surface area contributed by atoms with Crippen molar-refractivity contribution in [3.05, 3.63) is 12.3 Å². The van der Waals surface area contributed by atoms with Crippen LogP contribution in [0.15, 0.2) is 12.3 Å². The van der Waals surface area contributed by atoms with Crippen molar-refractivity contribution in [2.24, 2.45) is 0 Å². The van der Waals surface area contributed by atoms with Crippen LogP contribution < -0.4 is 5.32 Å². The molecule has 0 aliphatic carbocycles. The van der Waals surface area contributed by atoms with Gasteiger partial charge in [0.25, 0.3) is 0 Å². The second-order valence-corrected chi connectivity index (χ2v) is 3.75. The molecule has 0 saturated carbocycles. The lowest BCUT2D eigenvalue weighted by Gasteiger charge is -2.18. The molecule has 0 aromatic heterocycles. The number of carbonyl (C=O) groups excluding carboxylic acids is 2. The zero-order chi connectivity index (χ0) is 13.1. The van der Waals surface area contributed by atoms with E-state index in [1.807, 2.05) is 0 Å². The number of hydrogen-bond acceptors (Lipinski definition) is 2. The topological polar surface area (TPSA) is 49.4 Å². The Hall–Kier alpha value is -1.53. The van der Waals surface area contributed by atoms with E-state index in [0.29, 0.717) is 19.4 Å².